The smallest absolute Gasteiger partial charge is 0.422 e. The molecule has 0 aliphatic rings. The Labute approximate surface area is 128 Å². The van der Waals surface area contributed by atoms with Crippen LogP contribution in [0.15, 0.2) is 0 Å². The summed E-state index contributed by atoms with van der Waals surface area (Å²) in [6, 6.07) is 0. The van der Waals surface area contributed by atoms with Gasteiger partial charge in [0.05, 0.1) is 6.54 Å². The summed E-state index contributed by atoms with van der Waals surface area (Å²) >= 11 is 0. The van der Waals surface area contributed by atoms with E-state index in [0.717, 1.165) is 0 Å². The van der Waals surface area contributed by atoms with E-state index >= 15 is 0 Å². The Morgan fingerprint density at radius 3 is 2.10 bits per heavy atom. The highest BCUT2D eigenvalue weighted by Crippen LogP contribution is 2.07. The van der Waals surface area contributed by atoms with Gasteiger partial charge in [-0.25, -0.2) is 9.80 Å². The molecule has 0 spiro atoms. The third-order valence-electron chi connectivity index (χ3n) is 2.28. The van der Waals surface area contributed by atoms with E-state index in [2.05, 4.69) is 10.7 Å². The number of hydrogen-bond acceptors (Lipinski definition) is 4. The Bertz CT molecular complexity index is 336. The van der Waals surface area contributed by atoms with Crippen molar-refractivity contribution < 1.29 is 14.3 Å². The predicted octanol–water partition coefficient (Wildman–Crippen LogP) is 2.16. The molecule has 6 heteroatoms. The zero-order valence-corrected chi connectivity index (χ0v) is 14.4. The topological polar surface area (TPSA) is 70.7 Å². The van der Waals surface area contributed by atoms with Crippen molar-refractivity contribution in [2.24, 2.45) is 11.8 Å². The van der Waals surface area contributed by atoms with Crippen LogP contribution in [-0.4, -0.2) is 42.2 Å². The minimum absolute atomic E-state index is 0.111. The van der Waals surface area contributed by atoms with E-state index in [1.54, 1.807) is 25.8 Å². The fourth-order valence-corrected chi connectivity index (χ4v) is 1.57. The molecule has 2 N–H and O–H groups in total. The van der Waals surface area contributed by atoms with E-state index in [-0.39, 0.29) is 12.5 Å². The van der Waals surface area contributed by atoms with E-state index in [1.165, 1.54) is 0 Å². The third-order valence-corrected chi connectivity index (χ3v) is 2.28. The quantitative estimate of drug-likeness (QED) is 0.707. The van der Waals surface area contributed by atoms with E-state index in [9.17, 15) is 9.59 Å². The summed E-state index contributed by atoms with van der Waals surface area (Å²) in [6.07, 6.45) is -0.542. The Kier molecular flexibility index (Phi) is 8.32. The van der Waals surface area contributed by atoms with Crippen molar-refractivity contribution in [2.75, 3.05) is 19.6 Å². The van der Waals surface area contributed by atoms with Gasteiger partial charge in [-0.2, -0.15) is 0 Å². The second kappa shape index (κ2) is 8.87. The van der Waals surface area contributed by atoms with Gasteiger partial charge in [0, 0.05) is 13.1 Å². The van der Waals surface area contributed by atoms with E-state index in [4.69, 9.17) is 4.74 Å². The summed E-state index contributed by atoms with van der Waals surface area (Å²) in [5, 5.41) is 4.43. The van der Waals surface area contributed by atoms with Crippen LogP contribution < -0.4 is 10.7 Å². The summed E-state index contributed by atoms with van der Waals surface area (Å²) in [6.45, 7) is 14.8. The van der Waals surface area contributed by atoms with Gasteiger partial charge >= 0.3 is 6.09 Å². The number of rotatable bonds is 7. The predicted molar refractivity (Wildman–Crippen MR) is 83.6 cm³/mol. The fraction of sp³-hybridized carbons (Fsp3) is 0.867. The molecule has 0 aliphatic heterocycles. The van der Waals surface area contributed by atoms with Crippen LogP contribution in [0.2, 0.25) is 0 Å². The Morgan fingerprint density at radius 1 is 1.10 bits per heavy atom. The van der Waals surface area contributed by atoms with Gasteiger partial charge in [-0.3, -0.25) is 10.2 Å². The molecule has 124 valence electrons. The lowest BCUT2D eigenvalue weighted by atomic mass is 10.2. The molecule has 21 heavy (non-hydrogen) atoms. The van der Waals surface area contributed by atoms with Crippen LogP contribution in [-0.2, 0) is 9.53 Å². The van der Waals surface area contributed by atoms with Gasteiger partial charge in [0.2, 0.25) is 5.91 Å². The zero-order chi connectivity index (χ0) is 16.6. The molecule has 0 aromatic carbocycles. The number of nitrogens with one attached hydrogen (secondary N) is 2. The van der Waals surface area contributed by atoms with Crippen molar-refractivity contribution in [1.82, 2.24) is 15.8 Å². The van der Waals surface area contributed by atoms with Crippen molar-refractivity contribution in [3.05, 3.63) is 0 Å². The summed E-state index contributed by atoms with van der Waals surface area (Å²) in [5.74, 6) is 0.601. The van der Waals surface area contributed by atoms with E-state index in [0.29, 0.717) is 24.9 Å². The van der Waals surface area contributed by atoms with Gasteiger partial charge in [-0.15, -0.1) is 0 Å². The maximum Gasteiger partial charge on any atom is 0.422 e. The maximum atomic E-state index is 11.9. The fourth-order valence-electron chi connectivity index (χ4n) is 1.57. The first kappa shape index (κ1) is 19.7. The first-order chi connectivity index (χ1) is 9.49. The van der Waals surface area contributed by atoms with Crippen LogP contribution in [0.3, 0.4) is 0 Å². The van der Waals surface area contributed by atoms with E-state index < -0.39 is 11.7 Å². The Balaban J connectivity index is 4.44. The van der Waals surface area contributed by atoms with Crippen molar-refractivity contribution in [3.8, 4) is 0 Å². The molecule has 0 saturated carbocycles. The molecule has 0 atom stereocenters. The van der Waals surface area contributed by atoms with Gasteiger partial charge in [0.15, 0.2) is 0 Å². The lowest BCUT2D eigenvalue weighted by Gasteiger charge is -2.27. The molecular weight excluding hydrogens is 270 g/mol. The van der Waals surface area contributed by atoms with Crippen LogP contribution in [0.5, 0.6) is 0 Å². The number of nitrogens with zero attached hydrogens (tertiary/aromatic N) is 1. The van der Waals surface area contributed by atoms with Crippen LogP contribution >= 0.6 is 0 Å². The van der Waals surface area contributed by atoms with Crippen molar-refractivity contribution in [3.63, 3.8) is 0 Å². The number of hydrazine groups is 1. The lowest BCUT2D eigenvalue weighted by molar-refractivity contribution is -0.123. The second-order valence-electron chi connectivity index (χ2n) is 7.09. The number of hydrogen-bond donors (Lipinski definition) is 2. The van der Waals surface area contributed by atoms with Gasteiger partial charge in [-0.05, 0) is 32.6 Å². The molecule has 2 amide bonds. The van der Waals surface area contributed by atoms with Crippen molar-refractivity contribution in [1.29, 1.82) is 0 Å². The van der Waals surface area contributed by atoms with E-state index in [1.807, 2.05) is 27.7 Å². The molecule has 0 bridgehead atoms. The average molecular weight is 301 g/mol. The highest BCUT2D eigenvalue weighted by Gasteiger charge is 2.20. The van der Waals surface area contributed by atoms with Crippen LogP contribution in [0.25, 0.3) is 0 Å². The number of amides is 2. The molecule has 0 fully saturated rings. The summed E-state index contributed by atoms with van der Waals surface area (Å²) < 4.78 is 5.21. The molecular formula is C15H31N3O3. The molecule has 0 aromatic rings. The zero-order valence-electron chi connectivity index (χ0n) is 14.4. The second-order valence-corrected chi connectivity index (χ2v) is 7.09. The molecule has 0 aromatic heterocycles. The minimum atomic E-state index is -0.562. The van der Waals surface area contributed by atoms with Gasteiger partial charge in [0.25, 0.3) is 0 Å². The van der Waals surface area contributed by atoms with Gasteiger partial charge in [0.1, 0.15) is 5.60 Å². The maximum absolute atomic E-state index is 11.9. The Hall–Kier alpha value is -1.30. The van der Waals surface area contributed by atoms with Crippen LogP contribution in [0.1, 0.15) is 48.5 Å². The largest absolute Gasteiger partial charge is 0.443 e. The summed E-state index contributed by atoms with van der Waals surface area (Å²) in [7, 11) is 0. The Morgan fingerprint density at radius 2 is 1.67 bits per heavy atom. The van der Waals surface area contributed by atoms with Crippen LogP contribution in [0, 0.1) is 11.8 Å². The lowest BCUT2D eigenvalue weighted by Crippen LogP contribution is -2.50. The van der Waals surface area contributed by atoms with Crippen molar-refractivity contribution >= 4 is 12.0 Å². The standard InChI is InChI=1S/C15H31N3O3/c1-11(2)8-16-13(19)10-18(9-12(3)4)17-14(20)21-15(5,6)7/h11-12H,8-10H2,1-7H3,(H,16,19)(H,17,20). The first-order valence-electron chi connectivity index (χ1n) is 7.51. The highest BCUT2D eigenvalue weighted by molar-refractivity contribution is 5.78. The molecule has 0 aliphatic carbocycles. The SMILES string of the molecule is CC(C)CNC(=O)CN(CC(C)C)NC(=O)OC(C)(C)C. The molecule has 0 saturated heterocycles. The normalized spacial score (nSPS) is 11.9. The van der Waals surface area contributed by atoms with Crippen molar-refractivity contribution in [2.45, 2.75) is 54.1 Å². The first-order valence-corrected chi connectivity index (χ1v) is 7.51. The minimum Gasteiger partial charge on any atom is -0.443 e. The number of carbonyl (C=O) groups is 2. The average Bonchev–Trinajstić information content (AvgIpc) is 2.22. The number of ether oxygens (including phenoxy) is 1. The molecule has 0 rings (SSSR count). The van der Waals surface area contributed by atoms with Gasteiger partial charge < -0.3 is 10.1 Å². The molecule has 6 nitrogen and oxygen atoms in total. The summed E-state index contributed by atoms with van der Waals surface area (Å²) in [5.41, 5.74) is 2.07. The van der Waals surface area contributed by atoms with Crippen LogP contribution in [0.4, 0.5) is 4.79 Å². The van der Waals surface area contributed by atoms with Gasteiger partial charge in [-0.1, -0.05) is 27.7 Å². The molecule has 0 heterocycles. The highest BCUT2D eigenvalue weighted by atomic mass is 16.6. The number of carbonyl (C=O) groups excluding carboxylic acids is 2. The summed E-state index contributed by atoms with van der Waals surface area (Å²) in [4.78, 5) is 23.7. The molecule has 0 unspecified atom stereocenters. The third kappa shape index (κ3) is 12.2. The molecule has 0 radical (unpaired) electrons. The monoisotopic (exact) mass is 301 g/mol.